The zero-order chi connectivity index (χ0) is 15.6. The van der Waals surface area contributed by atoms with Gasteiger partial charge in [0, 0.05) is 29.0 Å². The molecule has 0 aliphatic carbocycles. The van der Waals surface area contributed by atoms with Gasteiger partial charge in [0.05, 0.1) is 6.33 Å². The maximum atomic E-state index is 6.22. The standard InChI is InChI=1S/C17H15Cl2N3/c18-15-5-1-13(2-6-15)17(11-20,22-10-9-21-12-22)14-3-7-16(19)8-4-14/h1-10,12H,11,20H2. The van der Waals surface area contributed by atoms with Crippen molar-refractivity contribution in [2.45, 2.75) is 5.54 Å². The molecule has 2 aromatic carbocycles. The highest BCUT2D eigenvalue weighted by Gasteiger charge is 2.34. The van der Waals surface area contributed by atoms with Gasteiger partial charge >= 0.3 is 0 Å². The zero-order valence-electron chi connectivity index (χ0n) is 11.8. The minimum absolute atomic E-state index is 0.382. The molecule has 0 saturated carbocycles. The summed E-state index contributed by atoms with van der Waals surface area (Å²) in [6, 6.07) is 15.4. The van der Waals surface area contributed by atoms with Gasteiger partial charge in [0.2, 0.25) is 0 Å². The van der Waals surface area contributed by atoms with Gasteiger partial charge in [-0.3, -0.25) is 0 Å². The van der Waals surface area contributed by atoms with Crippen LogP contribution in [0.4, 0.5) is 0 Å². The molecule has 0 unspecified atom stereocenters. The minimum atomic E-state index is -0.550. The second-order valence-electron chi connectivity index (χ2n) is 5.05. The third kappa shape index (κ3) is 2.52. The highest BCUT2D eigenvalue weighted by molar-refractivity contribution is 6.30. The third-order valence-electron chi connectivity index (χ3n) is 3.88. The molecule has 0 aliphatic rings. The Kier molecular flexibility index (Phi) is 4.21. The predicted molar refractivity (Wildman–Crippen MR) is 90.4 cm³/mol. The lowest BCUT2D eigenvalue weighted by Crippen LogP contribution is -2.42. The van der Waals surface area contributed by atoms with Gasteiger partial charge in [-0.1, -0.05) is 47.5 Å². The predicted octanol–water partition coefficient (Wildman–Crippen LogP) is 3.94. The van der Waals surface area contributed by atoms with E-state index in [0.29, 0.717) is 16.6 Å². The monoisotopic (exact) mass is 331 g/mol. The van der Waals surface area contributed by atoms with Crippen LogP contribution in [0.1, 0.15) is 11.1 Å². The summed E-state index contributed by atoms with van der Waals surface area (Å²) >= 11 is 12.1. The molecule has 1 heterocycles. The Morgan fingerprint density at radius 1 is 0.909 bits per heavy atom. The van der Waals surface area contributed by atoms with Crippen LogP contribution in [0.15, 0.2) is 67.3 Å². The van der Waals surface area contributed by atoms with Crippen molar-refractivity contribution in [2.75, 3.05) is 6.54 Å². The van der Waals surface area contributed by atoms with Crippen molar-refractivity contribution >= 4 is 23.2 Å². The average Bonchev–Trinajstić information content (AvgIpc) is 3.07. The van der Waals surface area contributed by atoms with Crippen LogP contribution in [0, 0.1) is 0 Å². The molecule has 0 amide bonds. The van der Waals surface area contributed by atoms with E-state index in [4.69, 9.17) is 28.9 Å². The number of hydrogen-bond donors (Lipinski definition) is 1. The van der Waals surface area contributed by atoms with Crippen molar-refractivity contribution in [3.8, 4) is 0 Å². The number of halogens is 2. The highest BCUT2D eigenvalue weighted by Crippen LogP contribution is 2.34. The number of hydrogen-bond acceptors (Lipinski definition) is 2. The molecular formula is C17H15Cl2N3. The lowest BCUT2D eigenvalue weighted by molar-refractivity contribution is 0.441. The van der Waals surface area contributed by atoms with E-state index < -0.39 is 5.54 Å². The van der Waals surface area contributed by atoms with Gasteiger partial charge in [0.1, 0.15) is 5.54 Å². The average molecular weight is 332 g/mol. The van der Waals surface area contributed by atoms with Crippen molar-refractivity contribution in [1.82, 2.24) is 9.55 Å². The van der Waals surface area contributed by atoms with Crippen molar-refractivity contribution in [3.05, 3.63) is 88.4 Å². The molecular weight excluding hydrogens is 317 g/mol. The lowest BCUT2D eigenvalue weighted by Gasteiger charge is -2.35. The Morgan fingerprint density at radius 2 is 1.41 bits per heavy atom. The Bertz CT molecular complexity index is 689. The zero-order valence-corrected chi connectivity index (χ0v) is 13.3. The van der Waals surface area contributed by atoms with Crippen LogP contribution in [-0.2, 0) is 5.54 Å². The molecule has 0 bridgehead atoms. The number of aromatic nitrogens is 2. The first-order valence-corrected chi connectivity index (χ1v) is 7.63. The van der Waals surface area contributed by atoms with Gasteiger partial charge in [-0.05, 0) is 35.4 Å². The summed E-state index contributed by atoms with van der Waals surface area (Å²) < 4.78 is 2.01. The topological polar surface area (TPSA) is 43.8 Å². The van der Waals surface area contributed by atoms with E-state index in [1.54, 1.807) is 12.5 Å². The summed E-state index contributed by atoms with van der Waals surface area (Å²) in [6.45, 7) is 0.382. The number of rotatable bonds is 4. The van der Waals surface area contributed by atoms with Crippen LogP contribution in [0.5, 0.6) is 0 Å². The summed E-state index contributed by atoms with van der Waals surface area (Å²) in [7, 11) is 0. The Hall–Kier alpha value is -1.81. The summed E-state index contributed by atoms with van der Waals surface area (Å²) in [6.07, 6.45) is 5.43. The van der Waals surface area contributed by atoms with E-state index in [-0.39, 0.29) is 0 Å². The molecule has 3 aromatic rings. The molecule has 3 rings (SSSR count). The highest BCUT2D eigenvalue weighted by atomic mass is 35.5. The molecule has 0 saturated heterocycles. The maximum absolute atomic E-state index is 6.22. The Morgan fingerprint density at radius 3 is 1.77 bits per heavy atom. The molecule has 22 heavy (non-hydrogen) atoms. The van der Waals surface area contributed by atoms with Crippen LogP contribution >= 0.6 is 23.2 Å². The SMILES string of the molecule is NCC(c1ccc(Cl)cc1)(c1ccc(Cl)cc1)n1ccnc1. The van der Waals surface area contributed by atoms with E-state index in [1.807, 2.05) is 59.3 Å². The second-order valence-corrected chi connectivity index (χ2v) is 5.92. The second kappa shape index (κ2) is 6.13. The van der Waals surface area contributed by atoms with Crippen LogP contribution in [0.25, 0.3) is 0 Å². The van der Waals surface area contributed by atoms with Crippen LogP contribution in [-0.4, -0.2) is 16.1 Å². The summed E-state index contributed by atoms with van der Waals surface area (Å²) in [5, 5.41) is 1.38. The number of nitrogens with zero attached hydrogens (tertiary/aromatic N) is 2. The fourth-order valence-electron chi connectivity index (χ4n) is 2.74. The first kappa shape index (κ1) is 15.1. The number of benzene rings is 2. The van der Waals surface area contributed by atoms with Crippen molar-refractivity contribution in [3.63, 3.8) is 0 Å². The Labute approximate surface area is 139 Å². The summed E-state index contributed by atoms with van der Waals surface area (Å²) in [5.41, 5.74) is 7.76. The number of nitrogens with two attached hydrogens (primary N) is 1. The van der Waals surface area contributed by atoms with E-state index in [0.717, 1.165) is 11.1 Å². The molecule has 0 aliphatic heterocycles. The largest absolute Gasteiger partial charge is 0.328 e. The smallest absolute Gasteiger partial charge is 0.108 e. The third-order valence-corrected chi connectivity index (χ3v) is 4.39. The molecule has 0 atom stereocenters. The normalized spacial score (nSPS) is 11.6. The Balaban J connectivity index is 2.25. The lowest BCUT2D eigenvalue weighted by atomic mass is 9.82. The first-order chi connectivity index (χ1) is 10.7. The number of imidazole rings is 1. The van der Waals surface area contributed by atoms with E-state index >= 15 is 0 Å². The van der Waals surface area contributed by atoms with Gasteiger partial charge in [0.25, 0.3) is 0 Å². The molecule has 5 heteroatoms. The van der Waals surface area contributed by atoms with Gasteiger partial charge in [-0.15, -0.1) is 0 Å². The van der Waals surface area contributed by atoms with Crippen LogP contribution in [0.2, 0.25) is 10.0 Å². The van der Waals surface area contributed by atoms with Gasteiger partial charge in [-0.2, -0.15) is 0 Å². The fraction of sp³-hybridized carbons (Fsp3) is 0.118. The van der Waals surface area contributed by atoms with Gasteiger partial charge in [-0.25, -0.2) is 4.98 Å². The molecule has 2 N–H and O–H groups in total. The van der Waals surface area contributed by atoms with E-state index in [1.165, 1.54) is 0 Å². The van der Waals surface area contributed by atoms with Gasteiger partial charge in [0.15, 0.2) is 0 Å². The van der Waals surface area contributed by atoms with Gasteiger partial charge < -0.3 is 10.3 Å². The minimum Gasteiger partial charge on any atom is -0.328 e. The quantitative estimate of drug-likeness (QED) is 0.786. The van der Waals surface area contributed by atoms with Crippen molar-refractivity contribution < 1.29 is 0 Å². The van der Waals surface area contributed by atoms with Crippen LogP contribution < -0.4 is 5.73 Å². The fourth-order valence-corrected chi connectivity index (χ4v) is 2.99. The summed E-state index contributed by atoms with van der Waals surface area (Å²) in [5.74, 6) is 0. The molecule has 112 valence electrons. The molecule has 0 spiro atoms. The van der Waals surface area contributed by atoms with Crippen molar-refractivity contribution in [1.29, 1.82) is 0 Å². The molecule has 0 fully saturated rings. The van der Waals surface area contributed by atoms with E-state index in [9.17, 15) is 0 Å². The van der Waals surface area contributed by atoms with Crippen LogP contribution in [0.3, 0.4) is 0 Å². The molecule has 0 radical (unpaired) electrons. The molecule has 1 aromatic heterocycles. The van der Waals surface area contributed by atoms with Crippen molar-refractivity contribution in [2.24, 2.45) is 5.73 Å². The maximum Gasteiger partial charge on any atom is 0.108 e. The molecule has 3 nitrogen and oxygen atoms in total. The first-order valence-electron chi connectivity index (χ1n) is 6.87. The summed E-state index contributed by atoms with van der Waals surface area (Å²) in [4.78, 5) is 4.18. The van der Waals surface area contributed by atoms with E-state index in [2.05, 4.69) is 4.98 Å².